The lowest BCUT2D eigenvalue weighted by atomic mass is 10.2. The van der Waals surface area contributed by atoms with Crippen LogP contribution in [0, 0.1) is 18.6 Å². The number of nitrogens with zero attached hydrogens (tertiary/aromatic N) is 2. The lowest BCUT2D eigenvalue weighted by Gasteiger charge is -2.05. The molecule has 1 heterocycles. The molecule has 0 N–H and O–H groups in total. The van der Waals surface area contributed by atoms with E-state index in [0.717, 1.165) is 12.1 Å². The van der Waals surface area contributed by atoms with Crippen LogP contribution in [0.5, 0.6) is 0 Å². The predicted molar refractivity (Wildman–Crippen MR) is 51.6 cm³/mol. The average molecular weight is 210 g/mol. The first kappa shape index (κ1) is 9.76. The third-order valence-corrected chi connectivity index (χ3v) is 2.28. The average Bonchev–Trinajstić information content (AvgIpc) is 2.19. The van der Waals surface area contributed by atoms with Crippen molar-refractivity contribution < 1.29 is 8.78 Å². The standard InChI is InChI=1S/C10H8F2N2O/c1-5-10(15)14(2)9-4-7(12)6(11)3-8(9)13-5/h3-4H,1-2H3. The van der Waals surface area contributed by atoms with E-state index >= 15 is 0 Å². The smallest absolute Gasteiger partial charge is 0.272 e. The minimum Gasteiger partial charge on any atom is -0.308 e. The van der Waals surface area contributed by atoms with Gasteiger partial charge in [-0.25, -0.2) is 13.8 Å². The number of aryl methyl sites for hydroxylation is 2. The third-order valence-electron chi connectivity index (χ3n) is 2.28. The highest BCUT2D eigenvalue weighted by atomic mass is 19.2. The molecule has 0 fully saturated rings. The SMILES string of the molecule is Cc1nc2cc(F)c(F)cc2n(C)c1=O. The molecule has 0 unspecified atom stereocenters. The summed E-state index contributed by atoms with van der Waals surface area (Å²) >= 11 is 0. The van der Waals surface area contributed by atoms with Gasteiger partial charge in [-0.1, -0.05) is 0 Å². The van der Waals surface area contributed by atoms with E-state index in [1.807, 2.05) is 0 Å². The number of halogens is 2. The van der Waals surface area contributed by atoms with Gasteiger partial charge in [0.25, 0.3) is 5.56 Å². The Morgan fingerprint density at radius 2 is 1.87 bits per heavy atom. The van der Waals surface area contributed by atoms with Crippen LogP contribution in [0.1, 0.15) is 5.69 Å². The molecule has 15 heavy (non-hydrogen) atoms. The first-order valence-corrected chi connectivity index (χ1v) is 4.33. The molecule has 0 spiro atoms. The highest BCUT2D eigenvalue weighted by molar-refractivity contribution is 5.74. The van der Waals surface area contributed by atoms with E-state index in [4.69, 9.17) is 0 Å². The fourth-order valence-corrected chi connectivity index (χ4v) is 1.46. The maximum absolute atomic E-state index is 12.9. The second-order valence-electron chi connectivity index (χ2n) is 3.32. The van der Waals surface area contributed by atoms with E-state index in [2.05, 4.69) is 4.98 Å². The minimum absolute atomic E-state index is 0.260. The van der Waals surface area contributed by atoms with Crippen molar-refractivity contribution in [3.05, 3.63) is 39.8 Å². The van der Waals surface area contributed by atoms with Crippen molar-refractivity contribution in [3.8, 4) is 0 Å². The van der Waals surface area contributed by atoms with Gasteiger partial charge in [0.1, 0.15) is 5.69 Å². The predicted octanol–water partition coefficient (Wildman–Crippen LogP) is 1.52. The summed E-state index contributed by atoms with van der Waals surface area (Å²) in [4.78, 5) is 15.4. The van der Waals surface area contributed by atoms with Crippen molar-refractivity contribution in [3.63, 3.8) is 0 Å². The molecule has 1 aromatic heterocycles. The molecule has 0 saturated heterocycles. The molecule has 5 heteroatoms. The van der Waals surface area contributed by atoms with Crippen LogP contribution in [0.3, 0.4) is 0 Å². The summed E-state index contributed by atoms with van der Waals surface area (Å²) in [5, 5.41) is 0. The van der Waals surface area contributed by atoms with Gasteiger partial charge in [-0.2, -0.15) is 0 Å². The van der Waals surface area contributed by atoms with Crippen LogP contribution in [-0.2, 0) is 7.05 Å². The largest absolute Gasteiger partial charge is 0.308 e. The molecule has 0 radical (unpaired) electrons. The number of fused-ring (bicyclic) bond motifs is 1. The molecule has 0 aliphatic heterocycles. The first-order valence-electron chi connectivity index (χ1n) is 4.33. The van der Waals surface area contributed by atoms with Crippen LogP contribution in [-0.4, -0.2) is 9.55 Å². The Bertz CT molecular complexity index is 604. The summed E-state index contributed by atoms with van der Waals surface area (Å²) in [6, 6.07) is 1.95. The summed E-state index contributed by atoms with van der Waals surface area (Å²) < 4.78 is 27.1. The molecule has 0 amide bonds. The van der Waals surface area contributed by atoms with Crippen LogP contribution in [0.4, 0.5) is 8.78 Å². The molecule has 3 nitrogen and oxygen atoms in total. The Labute approximate surface area is 84.0 Å². The van der Waals surface area contributed by atoms with Gasteiger partial charge in [0, 0.05) is 19.2 Å². The fourth-order valence-electron chi connectivity index (χ4n) is 1.46. The zero-order valence-corrected chi connectivity index (χ0v) is 8.21. The number of hydrogen-bond donors (Lipinski definition) is 0. The van der Waals surface area contributed by atoms with Crippen molar-refractivity contribution in [2.24, 2.45) is 7.05 Å². The van der Waals surface area contributed by atoms with Crippen LogP contribution in [0.25, 0.3) is 11.0 Å². The van der Waals surface area contributed by atoms with Crippen LogP contribution in [0.2, 0.25) is 0 Å². The van der Waals surface area contributed by atoms with E-state index in [0.29, 0.717) is 0 Å². The summed E-state index contributed by atoms with van der Waals surface area (Å²) in [5.74, 6) is -1.95. The molecule has 0 aliphatic rings. The normalized spacial score (nSPS) is 10.9. The van der Waals surface area contributed by atoms with Gasteiger partial charge in [-0.05, 0) is 6.92 Å². The quantitative estimate of drug-likeness (QED) is 0.660. The fraction of sp³-hybridized carbons (Fsp3) is 0.200. The third kappa shape index (κ3) is 1.40. The van der Waals surface area contributed by atoms with Gasteiger partial charge in [0.05, 0.1) is 11.0 Å². The molecule has 2 aromatic rings. The van der Waals surface area contributed by atoms with Crippen LogP contribution < -0.4 is 5.56 Å². The Balaban J connectivity index is 3.00. The second kappa shape index (κ2) is 3.12. The summed E-state index contributed by atoms with van der Waals surface area (Å²) in [6.45, 7) is 1.53. The maximum atomic E-state index is 12.9. The first-order chi connectivity index (χ1) is 7.00. The highest BCUT2D eigenvalue weighted by Crippen LogP contribution is 2.14. The summed E-state index contributed by atoms with van der Waals surface area (Å²) in [6.07, 6.45) is 0. The van der Waals surface area contributed by atoms with E-state index in [9.17, 15) is 13.6 Å². The molecule has 0 aliphatic carbocycles. The van der Waals surface area contributed by atoms with E-state index in [1.165, 1.54) is 18.5 Å². The molecule has 78 valence electrons. The lowest BCUT2D eigenvalue weighted by molar-refractivity contribution is 0.510. The van der Waals surface area contributed by atoms with Gasteiger partial charge in [0.2, 0.25) is 0 Å². The second-order valence-corrected chi connectivity index (χ2v) is 3.32. The Hall–Kier alpha value is -1.78. The molecule has 0 atom stereocenters. The maximum Gasteiger partial charge on any atom is 0.272 e. The van der Waals surface area contributed by atoms with Crippen LogP contribution >= 0.6 is 0 Å². The summed E-state index contributed by atoms with van der Waals surface area (Å²) in [7, 11) is 1.50. The van der Waals surface area contributed by atoms with Crippen molar-refractivity contribution in [1.82, 2.24) is 9.55 Å². The highest BCUT2D eigenvalue weighted by Gasteiger charge is 2.09. The zero-order chi connectivity index (χ0) is 11.2. The molecule has 0 saturated carbocycles. The minimum atomic E-state index is -0.983. The topological polar surface area (TPSA) is 34.9 Å². The Kier molecular flexibility index (Phi) is 2.03. The van der Waals surface area contributed by atoms with Crippen molar-refractivity contribution in [2.45, 2.75) is 6.92 Å². The van der Waals surface area contributed by atoms with Gasteiger partial charge in [-0.3, -0.25) is 4.79 Å². The summed E-state index contributed by atoms with van der Waals surface area (Å²) in [5.41, 5.74) is 0.502. The van der Waals surface area contributed by atoms with Crippen molar-refractivity contribution in [1.29, 1.82) is 0 Å². The Morgan fingerprint density at radius 1 is 1.27 bits per heavy atom. The van der Waals surface area contributed by atoms with Gasteiger partial charge < -0.3 is 4.57 Å². The molecule has 2 rings (SSSR count). The van der Waals surface area contributed by atoms with Crippen molar-refractivity contribution >= 4 is 11.0 Å². The molecule has 0 bridgehead atoms. The molecular formula is C10H8F2N2O. The Morgan fingerprint density at radius 3 is 2.53 bits per heavy atom. The number of aromatic nitrogens is 2. The van der Waals surface area contributed by atoms with Gasteiger partial charge in [0.15, 0.2) is 11.6 Å². The van der Waals surface area contributed by atoms with Crippen molar-refractivity contribution in [2.75, 3.05) is 0 Å². The molecule has 1 aromatic carbocycles. The number of rotatable bonds is 0. The zero-order valence-electron chi connectivity index (χ0n) is 8.21. The monoisotopic (exact) mass is 210 g/mol. The molecular weight excluding hydrogens is 202 g/mol. The van der Waals surface area contributed by atoms with Crippen LogP contribution in [0.15, 0.2) is 16.9 Å². The van der Waals surface area contributed by atoms with E-state index in [1.54, 1.807) is 0 Å². The number of benzene rings is 1. The van der Waals surface area contributed by atoms with Gasteiger partial charge in [-0.15, -0.1) is 0 Å². The van der Waals surface area contributed by atoms with E-state index < -0.39 is 11.6 Å². The lowest BCUT2D eigenvalue weighted by Crippen LogP contribution is -2.21. The number of hydrogen-bond acceptors (Lipinski definition) is 2. The van der Waals surface area contributed by atoms with Gasteiger partial charge >= 0.3 is 0 Å². The van der Waals surface area contributed by atoms with E-state index in [-0.39, 0.29) is 22.3 Å².